The van der Waals surface area contributed by atoms with Crippen molar-refractivity contribution in [2.75, 3.05) is 26.8 Å². The number of pyridine rings is 1. The molecule has 43 heavy (non-hydrogen) atoms. The number of quaternary nitrogens is 1. The van der Waals surface area contributed by atoms with Crippen molar-refractivity contribution in [2.24, 2.45) is 11.8 Å². The smallest absolute Gasteiger partial charge is 0.135 e. The summed E-state index contributed by atoms with van der Waals surface area (Å²) in [5, 5.41) is 1.18. The lowest BCUT2D eigenvalue weighted by molar-refractivity contribution is -0.985. The SMILES string of the molecule is C=CCO[C@@H](c1ccnc2ccccc12)[C@H]1C[C@@H]2CC[N+]1(Cc1cc(C(C)(C)C)c(OC)c(C(C)(C)C)c1)C[C@@H]2C=C.[Br-]. The Morgan fingerprint density at radius 2 is 1.70 bits per heavy atom. The molecule has 0 aliphatic carbocycles. The maximum Gasteiger partial charge on any atom is 0.135 e. The number of rotatable bonds is 9. The quantitative estimate of drug-likeness (QED) is 0.221. The van der Waals surface area contributed by atoms with Crippen LogP contribution in [0.2, 0.25) is 0 Å². The molecular weight excluding hydrogens is 596 g/mol. The molecule has 3 aliphatic heterocycles. The first-order chi connectivity index (χ1) is 19.9. The van der Waals surface area contributed by atoms with Crippen molar-refractivity contribution in [2.45, 2.75) is 83.9 Å². The molecule has 3 aromatic rings. The van der Waals surface area contributed by atoms with Gasteiger partial charge in [-0.25, -0.2) is 0 Å². The summed E-state index contributed by atoms with van der Waals surface area (Å²) >= 11 is 0. The molecule has 5 atom stereocenters. The molecule has 1 unspecified atom stereocenters. The van der Waals surface area contributed by atoms with Crippen molar-refractivity contribution in [3.63, 3.8) is 0 Å². The number of fused-ring (bicyclic) bond motifs is 4. The highest BCUT2D eigenvalue weighted by Crippen LogP contribution is 2.50. The normalized spacial score (nSPS) is 24.3. The van der Waals surface area contributed by atoms with Crippen LogP contribution in [0.4, 0.5) is 0 Å². The van der Waals surface area contributed by atoms with E-state index in [0.717, 1.165) is 41.8 Å². The summed E-state index contributed by atoms with van der Waals surface area (Å²) in [6.45, 7) is 25.8. The van der Waals surface area contributed by atoms with Crippen molar-refractivity contribution >= 4 is 10.9 Å². The molecule has 0 radical (unpaired) electrons. The zero-order chi connectivity index (χ0) is 30.3. The Morgan fingerprint density at radius 3 is 2.30 bits per heavy atom. The third-order valence-corrected chi connectivity index (χ3v) is 9.87. The average Bonchev–Trinajstić information content (AvgIpc) is 2.96. The first kappa shape index (κ1) is 33.4. The standard InChI is InChI=1S/C38H51N2O2.BrH/c1-10-20-42-35(30-16-18-39-33-15-13-12-14-29(30)33)34-23-28-17-19-40(34,25-27(28)11-2)24-26-21-31(37(3,4)5)36(41-9)32(22-26)38(6,7)8;/h10-16,18,21-22,27-28,34-35H,1-2,17,19-20,23-25H2,3-9H3;1H/q+1;/p-1/t27-,28-,34+,35-,40?;/m0./s1. The molecule has 232 valence electrons. The van der Waals surface area contributed by atoms with Crippen LogP contribution in [0.15, 0.2) is 74.0 Å². The molecule has 0 saturated carbocycles. The number of ether oxygens (including phenoxy) is 2. The van der Waals surface area contributed by atoms with Crippen molar-refractivity contribution in [3.05, 3.63) is 96.2 Å². The highest BCUT2D eigenvalue weighted by molar-refractivity contribution is 5.82. The molecule has 4 nitrogen and oxygen atoms in total. The van der Waals surface area contributed by atoms with E-state index in [1.807, 2.05) is 19.4 Å². The molecule has 2 bridgehead atoms. The Labute approximate surface area is 270 Å². The Bertz CT molecular complexity index is 1410. The van der Waals surface area contributed by atoms with Gasteiger partial charge in [-0.1, -0.05) is 71.9 Å². The molecule has 0 spiro atoms. The van der Waals surface area contributed by atoms with Crippen molar-refractivity contribution in [1.29, 1.82) is 0 Å². The van der Waals surface area contributed by atoms with Gasteiger partial charge in [-0.15, -0.1) is 13.2 Å². The molecule has 2 aromatic carbocycles. The van der Waals surface area contributed by atoms with Gasteiger partial charge in [0.15, 0.2) is 0 Å². The van der Waals surface area contributed by atoms with Gasteiger partial charge < -0.3 is 30.9 Å². The van der Waals surface area contributed by atoms with E-state index in [4.69, 9.17) is 9.47 Å². The minimum Gasteiger partial charge on any atom is -1.00 e. The van der Waals surface area contributed by atoms with Crippen LogP contribution < -0.4 is 21.7 Å². The number of piperidine rings is 3. The third kappa shape index (κ3) is 6.50. The maximum absolute atomic E-state index is 6.79. The lowest BCUT2D eigenvalue weighted by Gasteiger charge is -2.58. The van der Waals surface area contributed by atoms with E-state index in [1.54, 1.807) is 0 Å². The van der Waals surface area contributed by atoms with Gasteiger partial charge >= 0.3 is 0 Å². The van der Waals surface area contributed by atoms with Crippen molar-refractivity contribution < 1.29 is 30.9 Å². The zero-order valence-corrected chi connectivity index (χ0v) is 28.9. The molecule has 4 heterocycles. The zero-order valence-electron chi connectivity index (χ0n) is 27.3. The van der Waals surface area contributed by atoms with E-state index in [1.165, 1.54) is 34.1 Å². The highest BCUT2D eigenvalue weighted by Gasteiger charge is 2.54. The van der Waals surface area contributed by atoms with Crippen LogP contribution in [-0.4, -0.2) is 42.3 Å². The number of methoxy groups -OCH3 is 1. The Hall–Kier alpha value is -2.47. The second-order valence-corrected chi connectivity index (χ2v) is 14.7. The fourth-order valence-electron chi connectivity index (χ4n) is 7.79. The predicted octanol–water partition coefficient (Wildman–Crippen LogP) is 5.70. The van der Waals surface area contributed by atoms with E-state index in [0.29, 0.717) is 24.5 Å². The van der Waals surface area contributed by atoms with Crippen LogP contribution in [-0.2, 0) is 22.1 Å². The first-order valence-electron chi connectivity index (χ1n) is 15.7. The van der Waals surface area contributed by atoms with Crippen LogP contribution in [0.25, 0.3) is 10.9 Å². The second kappa shape index (κ2) is 12.9. The predicted molar refractivity (Wildman–Crippen MR) is 175 cm³/mol. The van der Waals surface area contributed by atoms with Crippen LogP contribution in [0.5, 0.6) is 5.75 Å². The van der Waals surface area contributed by atoms with Gasteiger partial charge in [0.2, 0.25) is 0 Å². The fourth-order valence-corrected chi connectivity index (χ4v) is 7.79. The minimum absolute atomic E-state index is 0. The molecule has 0 N–H and O–H groups in total. The Morgan fingerprint density at radius 1 is 1.02 bits per heavy atom. The van der Waals surface area contributed by atoms with E-state index >= 15 is 0 Å². The summed E-state index contributed by atoms with van der Waals surface area (Å²) in [6.07, 6.45) is 8.37. The number of halogens is 1. The van der Waals surface area contributed by atoms with Gasteiger partial charge in [-0.3, -0.25) is 4.98 Å². The average molecular weight is 648 g/mol. The van der Waals surface area contributed by atoms with Gasteiger partial charge in [-0.05, 0) is 46.6 Å². The van der Waals surface area contributed by atoms with Crippen molar-refractivity contribution in [3.8, 4) is 5.75 Å². The molecule has 5 heteroatoms. The summed E-state index contributed by atoms with van der Waals surface area (Å²) in [7, 11) is 1.82. The van der Waals surface area contributed by atoms with E-state index < -0.39 is 0 Å². The molecular formula is C38H51BrN2O2. The summed E-state index contributed by atoms with van der Waals surface area (Å²) in [4.78, 5) is 4.68. The molecule has 3 aliphatic rings. The summed E-state index contributed by atoms with van der Waals surface area (Å²) in [5.74, 6) is 2.19. The summed E-state index contributed by atoms with van der Waals surface area (Å²) in [5.41, 5.74) is 6.15. The molecule has 0 amide bonds. The number of hydrogen-bond donors (Lipinski definition) is 0. The number of para-hydroxylation sites is 1. The van der Waals surface area contributed by atoms with Gasteiger partial charge in [0.1, 0.15) is 24.4 Å². The lowest BCUT2D eigenvalue weighted by atomic mass is 9.70. The number of aromatic nitrogens is 1. The number of nitrogens with zero attached hydrogens (tertiary/aromatic N) is 2. The van der Waals surface area contributed by atoms with Gasteiger partial charge in [0, 0.05) is 47.0 Å². The van der Waals surface area contributed by atoms with Crippen LogP contribution in [0, 0.1) is 11.8 Å². The Balaban J connectivity index is 0.00000423. The second-order valence-electron chi connectivity index (χ2n) is 14.7. The molecule has 6 rings (SSSR count). The summed E-state index contributed by atoms with van der Waals surface area (Å²) in [6, 6.07) is 15.9. The van der Waals surface area contributed by atoms with Crippen LogP contribution >= 0.6 is 0 Å². The number of benzene rings is 2. The third-order valence-electron chi connectivity index (χ3n) is 9.87. The molecule has 1 aromatic heterocycles. The van der Waals surface area contributed by atoms with Gasteiger partial charge in [0.05, 0.1) is 32.3 Å². The largest absolute Gasteiger partial charge is 1.00 e. The van der Waals surface area contributed by atoms with Gasteiger partial charge in [-0.2, -0.15) is 0 Å². The number of hydrogen-bond acceptors (Lipinski definition) is 3. The van der Waals surface area contributed by atoms with Crippen LogP contribution in [0.1, 0.15) is 82.7 Å². The Kier molecular flexibility index (Phi) is 10.0. The van der Waals surface area contributed by atoms with Crippen molar-refractivity contribution in [1.82, 2.24) is 4.98 Å². The topological polar surface area (TPSA) is 31.4 Å². The lowest BCUT2D eigenvalue weighted by Crippen LogP contribution is -3.00. The molecule has 3 saturated heterocycles. The molecule has 3 fully saturated rings. The van der Waals surface area contributed by atoms with E-state index in [-0.39, 0.29) is 33.9 Å². The van der Waals surface area contributed by atoms with E-state index in [2.05, 4.69) is 108 Å². The van der Waals surface area contributed by atoms with Gasteiger partial charge in [0.25, 0.3) is 0 Å². The monoisotopic (exact) mass is 646 g/mol. The minimum atomic E-state index is -0.0492. The summed E-state index contributed by atoms with van der Waals surface area (Å²) < 4.78 is 13.9. The highest BCUT2D eigenvalue weighted by atomic mass is 79.9. The fraction of sp³-hybridized carbons (Fsp3) is 0.500. The first-order valence-corrected chi connectivity index (χ1v) is 15.7. The van der Waals surface area contributed by atoms with Crippen LogP contribution in [0.3, 0.4) is 0 Å². The van der Waals surface area contributed by atoms with E-state index in [9.17, 15) is 0 Å². The maximum atomic E-state index is 6.79.